The van der Waals surface area contributed by atoms with Crippen molar-refractivity contribution in [3.05, 3.63) is 36.4 Å². The van der Waals surface area contributed by atoms with E-state index < -0.39 is 0 Å². The van der Waals surface area contributed by atoms with E-state index in [4.69, 9.17) is 22.6 Å². The number of ether oxygens (including phenoxy) is 4. The van der Waals surface area contributed by atoms with Crippen molar-refractivity contribution in [2.45, 2.75) is 9.79 Å². The Morgan fingerprint density at radius 2 is 0.957 bits per heavy atom. The summed E-state index contributed by atoms with van der Waals surface area (Å²) in [5.41, 5.74) is 0. The lowest BCUT2D eigenvalue weighted by atomic mass is 10.3. The van der Waals surface area contributed by atoms with Crippen molar-refractivity contribution < 1.29 is 22.6 Å². The second-order valence-corrected chi connectivity index (χ2v) is 6.09. The quantitative estimate of drug-likeness (QED) is 0.649. The molecule has 0 unspecified atom stereocenters. The Morgan fingerprint density at radius 1 is 0.565 bits per heavy atom. The summed E-state index contributed by atoms with van der Waals surface area (Å²) in [4.78, 5) is 1.83. The highest BCUT2D eigenvalue weighted by molar-refractivity contribution is 8.07. The molecular weight excluding hydrogens is 336 g/mol. The third-order valence-corrected chi connectivity index (χ3v) is 4.41. The van der Waals surface area contributed by atoms with Crippen LogP contribution in [0, 0.1) is 0 Å². The van der Waals surface area contributed by atoms with Crippen molar-refractivity contribution in [2.24, 2.45) is 0 Å². The molecule has 124 valence electrons. The van der Waals surface area contributed by atoms with Crippen LogP contribution in [0.4, 0.5) is 0 Å². The summed E-state index contributed by atoms with van der Waals surface area (Å²) in [7, 11) is 6.42. The van der Waals surface area contributed by atoms with Gasteiger partial charge in [-0.25, -0.2) is 3.63 Å². The molecule has 0 heterocycles. The molecule has 0 amide bonds. The summed E-state index contributed by atoms with van der Waals surface area (Å²) in [6.45, 7) is 0. The molecule has 0 aliphatic rings. The summed E-state index contributed by atoms with van der Waals surface area (Å²) >= 11 is 2.49. The molecule has 0 saturated carbocycles. The molecule has 0 spiro atoms. The van der Waals surface area contributed by atoms with E-state index in [1.54, 1.807) is 28.4 Å². The van der Waals surface area contributed by atoms with E-state index in [9.17, 15) is 0 Å². The predicted octanol–water partition coefficient (Wildman–Crippen LogP) is 4.45. The fourth-order valence-electron chi connectivity index (χ4n) is 1.83. The van der Waals surface area contributed by atoms with Gasteiger partial charge in [0.2, 0.25) is 0 Å². The first kappa shape index (κ1) is 17.7. The Kier molecular flexibility index (Phi) is 6.76. The van der Waals surface area contributed by atoms with Gasteiger partial charge >= 0.3 is 0 Å². The van der Waals surface area contributed by atoms with Crippen molar-refractivity contribution in [2.75, 3.05) is 28.4 Å². The maximum atomic E-state index is 5.59. The zero-order chi connectivity index (χ0) is 16.7. The first-order valence-corrected chi connectivity index (χ1v) is 8.15. The average molecular weight is 354 g/mol. The Balaban J connectivity index is 1.97. The number of hydrogen-bond donors (Lipinski definition) is 0. The van der Waals surface area contributed by atoms with Crippen molar-refractivity contribution in [1.82, 2.24) is 0 Å². The molecule has 0 aromatic heterocycles. The second kappa shape index (κ2) is 8.81. The van der Waals surface area contributed by atoms with E-state index in [2.05, 4.69) is 0 Å². The van der Waals surface area contributed by atoms with E-state index in [1.807, 2.05) is 36.4 Å². The Morgan fingerprint density at radius 3 is 1.30 bits per heavy atom. The second-order valence-electron chi connectivity index (χ2n) is 4.27. The summed E-state index contributed by atoms with van der Waals surface area (Å²) in [6.07, 6.45) is 0. The van der Waals surface area contributed by atoms with Crippen molar-refractivity contribution >= 4 is 24.1 Å². The minimum absolute atomic E-state index is 0.664. The molecule has 0 aliphatic carbocycles. The maximum absolute atomic E-state index is 5.59. The molecule has 2 aromatic carbocycles. The van der Waals surface area contributed by atoms with Gasteiger partial charge in [-0.15, -0.1) is 0 Å². The fraction of sp³-hybridized carbons (Fsp3) is 0.250. The molecule has 2 rings (SSSR count). The van der Waals surface area contributed by atoms with Crippen LogP contribution in [0.1, 0.15) is 0 Å². The first-order valence-electron chi connectivity index (χ1n) is 6.67. The molecule has 0 fully saturated rings. The van der Waals surface area contributed by atoms with E-state index in [0.717, 1.165) is 9.79 Å². The molecule has 2 aromatic rings. The lowest BCUT2D eigenvalue weighted by Gasteiger charge is -2.10. The average Bonchev–Trinajstić information content (AvgIpc) is 2.61. The highest BCUT2D eigenvalue weighted by Gasteiger charge is 2.08. The van der Waals surface area contributed by atoms with Crippen LogP contribution < -0.4 is 18.9 Å². The predicted molar refractivity (Wildman–Crippen MR) is 91.9 cm³/mol. The van der Waals surface area contributed by atoms with Gasteiger partial charge in [0.25, 0.3) is 0 Å². The van der Waals surface area contributed by atoms with Gasteiger partial charge in [-0.1, -0.05) is 0 Å². The van der Waals surface area contributed by atoms with Gasteiger partial charge in [-0.3, -0.25) is 0 Å². The smallest absolute Gasteiger partial charge is 0.161 e. The van der Waals surface area contributed by atoms with Crippen molar-refractivity contribution in [3.63, 3.8) is 0 Å². The van der Waals surface area contributed by atoms with Crippen LogP contribution in [0.3, 0.4) is 0 Å². The zero-order valence-corrected chi connectivity index (χ0v) is 15.0. The minimum Gasteiger partial charge on any atom is -0.493 e. The molecule has 0 saturated heterocycles. The first-order chi connectivity index (χ1) is 11.2. The number of benzene rings is 2. The van der Waals surface area contributed by atoms with Gasteiger partial charge in [-0.2, -0.15) is 0 Å². The molecule has 0 bridgehead atoms. The minimum atomic E-state index is 0.664. The van der Waals surface area contributed by atoms with Gasteiger partial charge in [0, 0.05) is 33.9 Å². The molecule has 0 atom stereocenters. The lowest BCUT2D eigenvalue weighted by molar-refractivity contribution is 0.354. The van der Waals surface area contributed by atoms with Gasteiger partial charge in [0.05, 0.1) is 28.4 Å². The number of rotatable bonds is 8. The summed E-state index contributed by atoms with van der Waals surface area (Å²) in [5.74, 6) is 2.70. The van der Waals surface area contributed by atoms with Gasteiger partial charge in [0.15, 0.2) is 23.0 Å². The van der Waals surface area contributed by atoms with Crippen molar-refractivity contribution in [1.29, 1.82) is 0 Å². The van der Waals surface area contributed by atoms with E-state index in [-0.39, 0.29) is 0 Å². The highest BCUT2D eigenvalue weighted by Crippen LogP contribution is 2.37. The molecule has 7 heteroatoms. The standard InChI is InChI=1S/C16H18O5S2/c1-17-13-7-5-11(9-15(13)19-3)22-21-23-12-6-8-14(18-2)16(10-12)20-4/h5-10H,1-4H3. The fourth-order valence-corrected chi connectivity index (χ4v) is 3.15. The summed E-state index contributed by atoms with van der Waals surface area (Å²) in [6, 6.07) is 11.2. The van der Waals surface area contributed by atoms with Crippen LogP contribution in [0.2, 0.25) is 0 Å². The largest absolute Gasteiger partial charge is 0.493 e. The van der Waals surface area contributed by atoms with Gasteiger partial charge in [0.1, 0.15) is 0 Å². The van der Waals surface area contributed by atoms with Crippen LogP contribution in [0.25, 0.3) is 0 Å². The molecule has 23 heavy (non-hydrogen) atoms. The normalized spacial score (nSPS) is 10.3. The van der Waals surface area contributed by atoms with Crippen LogP contribution in [-0.4, -0.2) is 28.4 Å². The highest BCUT2D eigenvalue weighted by atomic mass is 32.2. The SMILES string of the molecule is COc1ccc(SOSc2ccc(OC)c(OC)c2)cc1OC. The van der Waals surface area contributed by atoms with Crippen molar-refractivity contribution in [3.8, 4) is 23.0 Å². The van der Waals surface area contributed by atoms with E-state index in [1.165, 1.54) is 24.1 Å². The van der Waals surface area contributed by atoms with Crippen LogP contribution >= 0.6 is 24.1 Å². The van der Waals surface area contributed by atoms with E-state index >= 15 is 0 Å². The molecule has 0 radical (unpaired) electrons. The van der Waals surface area contributed by atoms with E-state index in [0.29, 0.717) is 23.0 Å². The van der Waals surface area contributed by atoms with Crippen LogP contribution in [0.5, 0.6) is 23.0 Å². The topological polar surface area (TPSA) is 46.2 Å². The Bertz CT molecular complexity index is 593. The third kappa shape index (κ3) is 4.63. The molecule has 0 N–H and O–H groups in total. The Labute approximate surface area is 144 Å². The zero-order valence-electron chi connectivity index (χ0n) is 13.3. The third-order valence-electron chi connectivity index (χ3n) is 2.97. The number of hydrogen-bond acceptors (Lipinski definition) is 7. The van der Waals surface area contributed by atoms with Gasteiger partial charge in [-0.05, 0) is 36.4 Å². The lowest BCUT2D eigenvalue weighted by Crippen LogP contribution is -1.90. The Hall–Kier alpha value is -1.70. The number of methoxy groups -OCH3 is 4. The molecule has 0 aliphatic heterocycles. The molecule has 5 nitrogen and oxygen atoms in total. The van der Waals surface area contributed by atoms with Crippen LogP contribution in [-0.2, 0) is 3.63 Å². The summed E-state index contributed by atoms with van der Waals surface area (Å²) < 4.78 is 26.5. The summed E-state index contributed by atoms with van der Waals surface area (Å²) in [5, 5.41) is 0. The maximum Gasteiger partial charge on any atom is 0.161 e. The monoisotopic (exact) mass is 354 g/mol. The molecular formula is C16H18O5S2. The van der Waals surface area contributed by atoms with Crippen LogP contribution in [0.15, 0.2) is 46.2 Å². The van der Waals surface area contributed by atoms with Gasteiger partial charge < -0.3 is 18.9 Å².